The van der Waals surface area contributed by atoms with Gasteiger partial charge in [0.05, 0.1) is 5.69 Å². The number of hydrogen-bond donors (Lipinski definition) is 0. The summed E-state index contributed by atoms with van der Waals surface area (Å²) in [6.07, 6.45) is 1.87. The third-order valence-corrected chi connectivity index (χ3v) is 3.17. The maximum Gasteiger partial charge on any atom is 0.0641 e. The zero-order valence-corrected chi connectivity index (χ0v) is 10.6. The molecule has 0 saturated heterocycles. The highest BCUT2D eigenvalue weighted by Gasteiger charge is 1.94. The number of halogens is 1. The Balaban J connectivity index is 2.21. The highest BCUT2D eigenvalue weighted by molar-refractivity contribution is 9.10. The molecule has 80 valence electrons. The van der Waals surface area contributed by atoms with Crippen molar-refractivity contribution in [3.8, 4) is 0 Å². The van der Waals surface area contributed by atoms with E-state index in [2.05, 4.69) is 33.9 Å². The molecule has 2 aromatic carbocycles. The van der Waals surface area contributed by atoms with Gasteiger partial charge in [0.1, 0.15) is 0 Å². The van der Waals surface area contributed by atoms with Gasteiger partial charge < -0.3 is 0 Å². The van der Waals surface area contributed by atoms with Gasteiger partial charge in [-0.3, -0.25) is 4.99 Å². The fourth-order valence-electron chi connectivity index (χ4n) is 1.35. The Hall–Kier alpha value is -1.41. The van der Waals surface area contributed by atoms with Crippen molar-refractivity contribution in [2.45, 2.75) is 6.92 Å². The van der Waals surface area contributed by atoms with Crippen molar-refractivity contribution in [1.82, 2.24) is 0 Å². The van der Waals surface area contributed by atoms with E-state index < -0.39 is 0 Å². The highest BCUT2D eigenvalue weighted by Crippen LogP contribution is 2.22. The van der Waals surface area contributed by atoms with E-state index >= 15 is 0 Å². The van der Waals surface area contributed by atoms with Gasteiger partial charge in [0.15, 0.2) is 0 Å². The number of rotatable bonds is 2. The van der Waals surface area contributed by atoms with E-state index in [4.69, 9.17) is 0 Å². The Kier molecular flexibility index (Phi) is 3.52. The van der Waals surface area contributed by atoms with Crippen molar-refractivity contribution in [3.63, 3.8) is 0 Å². The number of aliphatic imine (C=N–C) groups is 1. The molecule has 0 fully saturated rings. The topological polar surface area (TPSA) is 12.4 Å². The van der Waals surface area contributed by atoms with Crippen LogP contribution in [-0.4, -0.2) is 6.21 Å². The van der Waals surface area contributed by atoms with Crippen molar-refractivity contribution in [3.05, 3.63) is 64.1 Å². The lowest BCUT2D eigenvalue weighted by molar-refractivity contribution is 1.40. The van der Waals surface area contributed by atoms with E-state index in [1.165, 1.54) is 5.56 Å². The average Bonchev–Trinajstić information content (AvgIpc) is 2.32. The van der Waals surface area contributed by atoms with E-state index in [-0.39, 0.29) is 0 Å². The van der Waals surface area contributed by atoms with Crippen molar-refractivity contribution in [1.29, 1.82) is 0 Å². The summed E-state index contributed by atoms with van der Waals surface area (Å²) in [4.78, 5) is 4.42. The Morgan fingerprint density at radius 2 is 1.81 bits per heavy atom. The fraction of sp³-hybridized carbons (Fsp3) is 0.0714. The highest BCUT2D eigenvalue weighted by atomic mass is 79.9. The Bertz CT molecular complexity index is 503. The lowest BCUT2D eigenvalue weighted by atomic mass is 10.2. The first-order valence-corrected chi connectivity index (χ1v) is 5.90. The van der Waals surface area contributed by atoms with Gasteiger partial charge in [-0.25, -0.2) is 0 Å². The van der Waals surface area contributed by atoms with E-state index in [1.807, 2.05) is 48.7 Å². The average molecular weight is 274 g/mol. The standard InChI is InChI=1S/C14H12BrN/c1-11-7-8-13(9-14(11)15)16-10-12-5-3-2-4-6-12/h2-10H,1H3. The van der Waals surface area contributed by atoms with Crippen LogP contribution in [0, 0.1) is 6.92 Å². The summed E-state index contributed by atoms with van der Waals surface area (Å²) >= 11 is 3.50. The van der Waals surface area contributed by atoms with Crippen LogP contribution in [0.5, 0.6) is 0 Å². The minimum Gasteiger partial charge on any atom is -0.256 e. The molecule has 0 spiro atoms. The maximum atomic E-state index is 4.42. The number of benzene rings is 2. The first-order valence-electron chi connectivity index (χ1n) is 5.11. The SMILES string of the molecule is Cc1ccc(N=Cc2ccccc2)cc1Br. The van der Waals surface area contributed by atoms with Gasteiger partial charge in [-0.2, -0.15) is 0 Å². The van der Waals surface area contributed by atoms with Gasteiger partial charge in [0.2, 0.25) is 0 Å². The quantitative estimate of drug-likeness (QED) is 0.714. The predicted molar refractivity (Wildman–Crippen MR) is 72.6 cm³/mol. The van der Waals surface area contributed by atoms with Gasteiger partial charge in [-0.1, -0.05) is 52.3 Å². The van der Waals surface area contributed by atoms with E-state index in [1.54, 1.807) is 0 Å². The molecule has 0 amide bonds. The van der Waals surface area contributed by atoms with Gasteiger partial charge in [-0.15, -0.1) is 0 Å². The Labute approximate surface area is 104 Å². The molecule has 0 N–H and O–H groups in total. The predicted octanol–water partition coefficient (Wildman–Crippen LogP) is 4.51. The van der Waals surface area contributed by atoms with Crippen molar-refractivity contribution in [2.24, 2.45) is 4.99 Å². The second-order valence-electron chi connectivity index (χ2n) is 3.60. The van der Waals surface area contributed by atoms with E-state index in [9.17, 15) is 0 Å². The molecule has 2 aromatic rings. The summed E-state index contributed by atoms with van der Waals surface area (Å²) in [5.74, 6) is 0. The summed E-state index contributed by atoms with van der Waals surface area (Å²) < 4.78 is 1.09. The van der Waals surface area contributed by atoms with Crippen LogP contribution >= 0.6 is 15.9 Å². The van der Waals surface area contributed by atoms with Crippen LogP contribution in [-0.2, 0) is 0 Å². The summed E-state index contributed by atoms with van der Waals surface area (Å²) in [6, 6.07) is 16.2. The smallest absolute Gasteiger partial charge is 0.0641 e. The van der Waals surface area contributed by atoms with Crippen molar-refractivity contribution >= 4 is 27.8 Å². The second kappa shape index (κ2) is 5.08. The van der Waals surface area contributed by atoms with Gasteiger partial charge in [0.25, 0.3) is 0 Å². The Morgan fingerprint density at radius 3 is 2.50 bits per heavy atom. The summed E-state index contributed by atoms with van der Waals surface area (Å²) in [6.45, 7) is 2.06. The van der Waals surface area contributed by atoms with Crippen LogP contribution in [0.25, 0.3) is 0 Å². The first-order chi connectivity index (χ1) is 7.75. The molecular weight excluding hydrogens is 262 g/mol. The third-order valence-electron chi connectivity index (χ3n) is 2.32. The molecule has 16 heavy (non-hydrogen) atoms. The van der Waals surface area contributed by atoms with Crippen LogP contribution in [0.4, 0.5) is 5.69 Å². The van der Waals surface area contributed by atoms with Crippen LogP contribution in [0.1, 0.15) is 11.1 Å². The molecule has 0 atom stereocenters. The van der Waals surface area contributed by atoms with E-state index in [0.29, 0.717) is 0 Å². The molecule has 0 heterocycles. The molecule has 0 radical (unpaired) electrons. The van der Waals surface area contributed by atoms with Gasteiger partial charge >= 0.3 is 0 Å². The summed E-state index contributed by atoms with van der Waals surface area (Å²) in [5, 5.41) is 0. The molecule has 0 bridgehead atoms. The molecule has 0 aromatic heterocycles. The minimum atomic E-state index is 0.960. The summed E-state index contributed by atoms with van der Waals surface area (Å²) in [5.41, 5.74) is 3.29. The van der Waals surface area contributed by atoms with Crippen LogP contribution in [0.3, 0.4) is 0 Å². The molecule has 0 saturated carbocycles. The van der Waals surface area contributed by atoms with Crippen LogP contribution in [0.15, 0.2) is 58.0 Å². The molecule has 0 aliphatic rings. The van der Waals surface area contributed by atoms with E-state index in [0.717, 1.165) is 15.7 Å². The largest absolute Gasteiger partial charge is 0.256 e. The summed E-state index contributed by atoms with van der Waals surface area (Å²) in [7, 11) is 0. The normalized spacial score (nSPS) is 10.9. The molecule has 1 nitrogen and oxygen atoms in total. The lowest BCUT2D eigenvalue weighted by Crippen LogP contribution is -1.79. The first kappa shape index (κ1) is 11.1. The number of hydrogen-bond acceptors (Lipinski definition) is 1. The third kappa shape index (κ3) is 2.80. The number of aryl methyl sites for hydroxylation is 1. The monoisotopic (exact) mass is 273 g/mol. The fourth-order valence-corrected chi connectivity index (χ4v) is 1.72. The zero-order chi connectivity index (χ0) is 11.4. The van der Waals surface area contributed by atoms with Crippen molar-refractivity contribution < 1.29 is 0 Å². The minimum absolute atomic E-state index is 0.960. The second-order valence-corrected chi connectivity index (χ2v) is 4.46. The molecule has 2 heteroatoms. The van der Waals surface area contributed by atoms with Crippen LogP contribution < -0.4 is 0 Å². The van der Waals surface area contributed by atoms with Crippen molar-refractivity contribution in [2.75, 3.05) is 0 Å². The molecular formula is C14H12BrN. The van der Waals surface area contributed by atoms with Crippen LogP contribution in [0.2, 0.25) is 0 Å². The van der Waals surface area contributed by atoms with Gasteiger partial charge in [-0.05, 0) is 30.2 Å². The lowest BCUT2D eigenvalue weighted by Gasteiger charge is -1.98. The molecule has 0 aliphatic heterocycles. The van der Waals surface area contributed by atoms with Gasteiger partial charge in [0, 0.05) is 10.7 Å². The zero-order valence-electron chi connectivity index (χ0n) is 9.02. The Morgan fingerprint density at radius 1 is 1.06 bits per heavy atom. The maximum absolute atomic E-state index is 4.42. The molecule has 2 rings (SSSR count). The number of nitrogens with zero attached hydrogens (tertiary/aromatic N) is 1. The molecule has 0 aliphatic carbocycles. The molecule has 0 unspecified atom stereocenters.